The Kier molecular flexibility index (Phi) is 5.97. The van der Waals surface area contributed by atoms with Crippen molar-refractivity contribution in [2.24, 2.45) is 5.73 Å². The zero-order valence-electron chi connectivity index (χ0n) is 7.60. The van der Waals surface area contributed by atoms with E-state index in [9.17, 15) is 0 Å². The molecule has 0 aliphatic carbocycles. The van der Waals surface area contributed by atoms with Crippen molar-refractivity contribution in [3.63, 3.8) is 0 Å². The molecule has 1 rings (SSSR count). The first kappa shape index (κ1) is 11.2. The fourth-order valence-electron chi connectivity index (χ4n) is 0.800. The summed E-state index contributed by atoms with van der Waals surface area (Å²) in [7, 11) is 0. The number of carbonyl (C=O) groups is 1. The normalized spacial score (nSPS) is 9.00. The van der Waals surface area contributed by atoms with Crippen molar-refractivity contribution in [2.45, 2.75) is 6.92 Å². The average molecular weight is 178 g/mol. The van der Waals surface area contributed by atoms with Crippen LogP contribution in [-0.2, 0) is 4.79 Å². The molecule has 0 atom stereocenters. The van der Waals surface area contributed by atoms with E-state index in [0.29, 0.717) is 0 Å². The molecule has 0 unspecified atom stereocenters. The monoisotopic (exact) mass is 178 g/mol. The number of benzene rings is 1. The number of carbonyl (C=O) groups excluding carboxylic acids is 1. The minimum Gasteiger partial charge on any atom is -0.399 e. The standard InChI is InChI=1S/C9H11N.CH3NO/c1-2-3-8-4-6-9(10)7-5-8;2-1-3/h2-7H,10H2,1H3;1H,(H2,2,3)/b3-2+;. The molecule has 0 fully saturated rings. The maximum Gasteiger partial charge on any atom is 0.204 e. The molecule has 13 heavy (non-hydrogen) atoms. The summed E-state index contributed by atoms with van der Waals surface area (Å²) in [5.74, 6) is 0. The predicted molar refractivity (Wildman–Crippen MR) is 55.8 cm³/mol. The third-order valence-corrected chi connectivity index (χ3v) is 1.30. The molecule has 0 spiro atoms. The van der Waals surface area contributed by atoms with E-state index in [1.807, 2.05) is 43.3 Å². The van der Waals surface area contributed by atoms with E-state index in [1.54, 1.807) is 0 Å². The zero-order chi connectivity index (χ0) is 10.1. The first-order valence-electron chi connectivity index (χ1n) is 3.88. The van der Waals surface area contributed by atoms with Gasteiger partial charge in [0, 0.05) is 5.69 Å². The Labute approximate surface area is 78.0 Å². The molecule has 4 N–H and O–H groups in total. The molecule has 0 bridgehead atoms. The lowest BCUT2D eigenvalue weighted by Crippen LogP contribution is -1.82. The molecule has 0 radical (unpaired) electrons. The predicted octanol–water partition coefficient (Wildman–Crippen LogP) is 1.40. The highest BCUT2D eigenvalue weighted by Gasteiger charge is 1.83. The van der Waals surface area contributed by atoms with Crippen LogP contribution in [-0.4, -0.2) is 6.41 Å². The third kappa shape index (κ3) is 5.49. The van der Waals surface area contributed by atoms with E-state index in [1.165, 1.54) is 5.56 Å². The lowest BCUT2D eigenvalue weighted by atomic mass is 10.2. The van der Waals surface area contributed by atoms with Crippen LogP contribution in [0.2, 0.25) is 0 Å². The lowest BCUT2D eigenvalue weighted by molar-refractivity contribution is -0.106. The summed E-state index contributed by atoms with van der Waals surface area (Å²) < 4.78 is 0. The van der Waals surface area contributed by atoms with Crippen LogP contribution < -0.4 is 11.5 Å². The second-order valence-corrected chi connectivity index (χ2v) is 2.30. The maximum atomic E-state index is 8.58. The van der Waals surface area contributed by atoms with Crippen LogP contribution in [0, 0.1) is 0 Å². The highest BCUT2D eigenvalue weighted by atomic mass is 16.1. The Bertz CT molecular complexity index is 265. The summed E-state index contributed by atoms with van der Waals surface area (Å²) in [6, 6.07) is 7.79. The van der Waals surface area contributed by atoms with Gasteiger partial charge in [-0.3, -0.25) is 4.79 Å². The van der Waals surface area contributed by atoms with E-state index in [4.69, 9.17) is 10.5 Å². The lowest BCUT2D eigenvalue weighted by Gasteiger charge is -1.92. The molecule has 0 aliphatic rings. The smallest absolute Gasteiger partial charge is 0.204 e. The fourth-order valence-corrected chi connectivity index (χ4v) is 0.800. The van der Waals surface area contributed by atoms with Gasteiger partial charge in [-0.1, -0.05) is 24.3 Å². The van der Waals surface area contributed by atoms with Crippen LogP contribution in [0.4, 0.5) is 5.69 Å². The van der Waals surface area contributed by atoms with Crippen molar-refractivity contribution in [3.05, 3.63) is 35.9 Å². The van der Waals surface area contributed by atoms with E-state index >= 15 is 0 Å². The summed E-state index contributed by atoms with van der Waals surface area (Å²) >= 11 is 0. The van der Waals surface area contributed by atoms with E-state index in [-0.39, 0.29) is 6.41 Å². The molecule has 1 aromatic carbocycles. The van der Waals surface area contributed by atoms with Crippen molar-refractivity contribution >= 4 is 18.2 Å². The van der Waals surface area contributed by atoms with Gasteiger partial charge in [0.1, 0.15) is 0 Å². The van der Waals surface area contributed by atoms with Crippen LogP contribution in [0.25, 0.3) is 6.08 Å². The number of nitrogen functional groups attached to an aromatic ring is 1. The van der Waals surface area contributed by atoms with Gasteiger partial charge < -0.3 is 11.5 Å². The van der Waals surface area contributed by atoms with Gasteiger partial charge in [-0.25, -0.2) is 0 Å². The highest BCUT2D eigenvalue weighted by molar-refractivity contribution is 5.52. The van der Waals surface area contributed by atoms with Gasteiger partial charge in [0.15, 0.2) is 0 Å². The Hall–Kier alpha value is -1.77. The van der Waals surface area contributed by atoms with Gasteiger partial charge >= 0.3 is 0 Å². The van der Waals surface area contributed by atoms with Gasteiger partial charge in [-0.2, -0.15) is 0 Å². The molecule has 3 heteroatoms. The zero-order valence-corrected chi connectivity index (χ0v) is 7.60. The molecule has 1 aromatic rings. The molecule has 70 valence electrons. The Morgan fingerprint density at radius 1 is 1.23 bits per heavy atom. The van der Waals surface area contributed by atoms with Crippen LogP contribution >= 0.6 is 0 Å². The Morgan fingerprint density at radius 3 is 2.08 bits per heavy atom. The second kappa shape index (κ2) is 6.91. The van der Waals surface area contributed by atoms with Crippen LogP contribution in [0.1, 0.15) is 12.5 Å². The summed E-state index contributed by atoms with van der Waals surface area (Å²) in [5.41, 5.74) is 11.7. The van der Waals surface area contributed by atoms with Crippen molar-refractivity contribution in [1.82, 2.24) is 0 Å². The fraction of sp³-hybridized carbons (Fsp3) is 0.100. The molecule has 1 amide bonds. The highest BCUT2D eigenvalue weighted by Crippen LogP contribution is 2.06. The number of rotatable bonds is 1. The number of hydrogen-bond donors (Lipinski definition) is 2. The Balaban J connectivity index is 0.000000424. The van der Waals surface area contributed by atoms with Crippen molar-refractivity contribution < 1.29 is 4.79 Å². The molecule has 0 saturated carbocycles. The van der Waals surface area contributed by atoms with Gasteiger partial charge in [-0.15, -0.1) is 0 Å². The molecular weight excluding hydrogens is 164 g/mol. The number of amides is 1. The van der Waals surface area contributed by atoms with Crippen LogP contribution in [0.3, 0.4) is 0 Å². The Morgan fingerprint density at radius 2 is 1.69 bits per heavy atom. The summed E-state index contributed by atoms with van der Waals surface area (Å²) in [5, 5.41) is 0. The van der Waals surface area contributed by atoms with Gasteiger partial charge in [0.05, 0.1) is 0 Å². The van der Waals surface area contributed by atoms with E-state index < -0.39 is 0 Å². The molecule has 3 nitrogen and oxygen atoms in total. The SMILES string of the molecule is C/C=C/c1ccc(N)cc1.NC=O. The maximum absolute atomic E-state index is 8.58. The summed E-state index contributed by atoms with van der Waals surface area (Å²) in [6.07, 6.45) is 4.30. The van der Waals surface area contributed by atoms with E-state index in [2.05, 4.69) is 5.73 Å². The first-order chi connectivity index (χ1) is 6.24. The molecule has 0 saturated heterocycles. The summed E-state index contributed by atoms with van der Waals surface area (Å²) in [4.78, 5) is 8.58. The van der Waals surface area contributed by atoms with Crippen LogP contribution in [0.5, 0.6) is 0 Å². The van der Waals surface area contributed by atoms with Gasteiger partial charge in [-0.05, 0) is 24.6 Å². The largest absolute Gasteiger partial charge is 0.399 e. The summed E-state index contributed by atoms with van der Waals surface area (Å²) in [6.45, 7) is 2.00. The minimum atomic E-state index is 0.250. The van der Waals surface area contributed by atoms with Gasteiger partial charge in [0.2, 0.25) is 6.41 Å². The number of allylic oxidation sites excluding steroid dienone is 1. The second-order valence-electron chi connectivity index (χ2n) is 2.30. The number of hydrogen-bond acceptors (Lipinski definition) is 2. The average Bonchev–Trinajstić information content (AvgIpc) is 2.11. The first-order valence-corrected chi connectivity index (χ1v) is 3.88. The molecule has 0 heterocycles. The van der Waals surface area contributed by atoms with Crippen molar-refractivity contribution in [3.8, 4) is 0 Å². The van der Waals surface area contributed by atoms with Crippen molar-refractivity contribution in [2.75, 3.05) is 5.73 Å². The number of nitrogens with two attached hydrogens (primary N) is 2. The molecule has 0 aliphatic heterocycles. The van der Waals surface area contributed by atoms with Crippen molar-refractivity contribution in [1.29, 1.82) is 0 Å². The number of primary amides is 1. The molecular formula is C10H14N2O. The van der Waals surface area contributed by atoms with E-state index in [0.717, 1.165) is 5.69 Å². The topological polar surface area (TPSA) is 69.1 Å². The molecule has 0 aromatic heterocycles. The van der Waals surface area contributed by atoms with Gasteiger partial charge in [0.25, 0.3) is 0 Å². The number of anilines is 1. The van der Waals surface area contributed by atoms with Crippen LogP contribution in [0.15, 0.2) is 30.3 Å². The third-order valence-electron chi connectivity index (χ3n) is 1.30. The minimum absolute atomic E-state index is 0.250. The quantitative estimate of drug-likeness (QED) is 0.504.